The molecule has 0 N–H and O–H groups in total. The maximum Gasteiger partial charge on any atom is 0.508 e. The molecule has 8 rings (SSSR count). The van der Waals surface area contributed by atoms with Gasteiger partial charge < -0.3 is 18.9 Å². The molecular formula is C35H28F2N12O7. The van der Waals surface area contributed by atoms with Crippen molar-refractivity contribution in [3.63, 3.8) is 0 Å². The summed E-state index contributed by atoms with van der Waals surface area (Å²) in [7, 11) is 3.26. The molecule has 56 heavy (non-hydrogen) atoms. The number of pyridine rings is 2. The number of ether oxygens (including phenoxy) is 4. The highest BCUT2D eigenvalue weighted by molar-refractivity contribution is 5.91. The van der Waals surface area contributed by atoms with Crippen LogP contribution < -0.4 is 9.80 Å². The van der Waals surface area contributed by atoms with Crippen molar-refractivity contribution in [2.75, 3.05) is 36.1 Å². The number of rotatable bonds is 10. The Balaban J connectivity index is 0.804. The first-order valence-corrected chi connectivity index (χ1v) is 16.8. The standard InChI is InChI=1S/C35H28F2N12O7/c1-46-42-31(40-44-46)29-9-3-19(13-38-29)25-7-5-21(11-27(25)36)48-15-23(55-33(48)50)17-53-35(52)54-18-24-16-49(34(51)56-24)22-6-8-26(28(37)12-22)20-4-10-30(39-14-20)32-41-45-47(2)43-32/h3-14,23-24H,15-18H2,1-2H3/t23-,24-/m1/s1. The van der Waals surface area contributed by atoms with Gasteiger partial charge in [-0.1, -0.05) is 12.1 Å². The molecule has 19 nitrogen and oxygen atoms in total. The zero-order chi connectivity index (χ0) is 38.9. The molecule has 2 aliphatic heterocycles. The lowest BCUT2D eigenvalue weighted by atomic mass is 10.1. The summed E-state index contributed by atoms with van der Waals surface area (Å²) in [4.78, 5) is 51.2. The number of hydrogen-bond donors (Lipinski definition) is 0. The van der Waals surface area contributed by atoms with E-state index in [0.29, 0.717) is 34.2 Å². The molecule has 0 unspecified atom stereocenters. The summed E-state index contributed by atoms with van der Waals surface area (Å²) >= 11 is 0. The van der Waals surface area contributed by atoms with Gasteiger partial charge in [0.15, 0.2) is 12.2 Å². The number of hydrogen-bond acceptors (Lipinski definition) is 15. The molecular weight excluding hydrogens is 738 g/mol. The SMILES string of the molecule is Cn1nnc(-c2ccc(-c3ccc(N4C[C@H](COC(=O)OC[C@H]5CN(c6ccc(-c7ccc(-c8nnn(C)n8)nc7)c(F)c6)C(=O)O5)OC4=O)cc3F)cn2)n1. The Bertz CT molecular complexity index is 2280. The van der Waals surface area contributed by atoms with Crippen LogP contribution in [0.2, 0.25) is 0 Å². The topological polar surface area (TPSA) is 208 Å². The maximum absolute atomic E-state index is 15.2. The number of tetrazole rings is 2. The van der Waals surface area contributed by atoms with Gasteiger partial charge in [0.05, 0.1) is 38.6 Å². The van der Waals surface area contributed by atoms with Crippen molar-refractivity contribution in [1.29, 1.82) is 0 Å². The van der Waals surface area contributed by atoms with E-state index in [1.54, 1.807) is 50.5 Å². The number of aromatic nitrogens is 10. The van der Waals surface area contributed by atoms with Crippen LogP contribution >= 0.6 is 0 Å². The minimum atomic E-state index is -1.09. The van der Waals surface area contributed by atoms with Gasteiger partial charge in [0.2, 0.25) is 11.6 Å². The van der Waals surface area contributed by atoms with Crippen molar-refractivity contribution < 1.29 is 42.1 Å². The van der Waals surface area contributed by atoms with Crippen LogP contribution in [0, 0.1) is 11.6 Å². The van der Waals surface area contributed by atoms with E-state index in [-0.39, 0.29) is 48.8 Å². The molecule has 21 heteroatoms. The van der Waals surface area contributed by atoms with E-state index in [4.69, 9.17) is 18.9 Å². The van der Waals surface area contributed by atoms with Crippen LogP contribution in [0.25, 0.3) is 45.3 Å². The van der Waals surface area contributed by atoms with Crippen molar-refractivity contribution in [2.24, 2.45) is 14.1 Å². The third kappa shape index (κ3) is 7.36. The van der Waals surface area contributed by atoms with Crippen molar-refractivity contribution in [1.82, 2.24) is 50.4 Å². The highest BCUT2D eigenvalue weighted by Crippen LogP contribution is 2.31. The first-order chi connectivity index (χ1) is 27.1. The fraction of sp³-hybridized carbons (Fsp3) is 0.229. The Morgan fingerprint density at radius 1 is 0.696 bits per heavy atom. The number of aryl methyl sites for hydroxylation is 2. The number of halogens is 2. The molecule has 0 spiro atoms. The maximum atomic E-state index is 15.2. The van der Waals surface area contributed by atoms with Crippen molar-refractivity contribution >= 4 is 29.7 Å². The Hall–Kier alpha value is -7.45. The monoisotopic (exact) mass is 766 g/mol. The molecule has 2 aliphatic rings. The van der Waals surface area contributed by atoms with Crippen LogP contribution in [-0.2, 0) is 33.0 Å². The van der Waals surface area contributed by atoms with Crippen LogP contribution in [0.5, 0.6) is 0 Å². The largest absolute Gasteiger partial charge is 0.508 e. The first kappa shape index (κ1) is 35.6. The number of nitrogens with zero attached hydrogens (tertiary/aromatic N) is 12. The first-order valence-electron chi connectivity index (χ1n) is 16.8. The highest BCUT2D eigenvalue weighted by atomic mass is 19.1. The molecule has 284 valence electrons. The van der Waals surface area contributed by atoms with Gasteiger partial charge >= 0.3 is 18.3 Å². The van der Waals surface area contributed by atoms with Gasteiger partial charge in [-0.25, -0.2) is 23.2 Å². The van der Waals surface area contributed by atoms with Crippen molar-refractivity contribution in [3.8, 4) is 45.3 Å². The summed E-state index contributed by atoms with van der Waals surface area (Å²) in [6, 6.07) is 15.1. The van der Waals surface area contributed by atoms with Crippen LogP contribution in [0.15, 0.2) is 73.1 Å². The molecule has 0 aliphatic carbocycles. The van der Waals surface area contributed by atoms with E-state index in [1.807, 2.05) is 0 Å². The van der Waals surface area contributed by atoms with E-state index >= 15 is 8.78 Å². The Kier molecular flexibility index (Phi) is 9.38. The fourth-order valence-electron chi connectivity index (χ4n) is 5.96. The highest BCUT2D eigenvalue weighted by Gasteiger charge is 2.36. The lowest BCUT2D eigenvalue weighted by molar-refractivity contribution is 0.00638. The Morgan fingerprint density at radius 3 is 1.50 bits per heavy atom. The molecule has 0 radical (unpaired) electrons. The number of benzene rings is 2. The summed E-state index contributed by atoms with van der Waals surface area (Å²) in [5.41, 5.74) is 2.91. The average Bonchev–Trinajstić information content (AvgIpc) is 4.00. The van der Waals surface area contributed by atoms with E-state index in [0.717, 1.165) is 0 Å². The Labute approximate surface area is 314 Å². The second-order valence-corrected chi connectivity index (χ2v) is 12.5. The number of carbonyl (C=O) groups excluding carboxylic acids is 3. The molecule has 2 fully saturated rings. The summed E-state index contributed by atoms with van der Waals surface area (Å²) in [5.74, 6) is -0.546. The Morgan fingerprint density at radius 2 is 1.14 bits per heavy atom. The molecule has 2 atom stereocenters. The molecule has 4 aromatic heterocycles. The molecule has 6 heterocycles. The van der Waals surface area contributed by atoms with Gasteiger partial charge in [-0.2, -0.15) is 9.59 Å². The van der Waals surface area contributed by atoms with Gasteiger partial charge in [0, 0.05) is 34.6 Å². The number of anilines is 2. The fourth-order valence-corrected chi connectivity index (χ4v) is 5.96. The zero-order valence-corrected chi connectivity index (χ0v) is 29.4. The van der Waals surface area contributed by atoms with Crippen LogP contribution in [-0.4, -0.2) is 107 Å². The third-order valence-electron chi connectivity index (χ3n) is 8.67. The van der Waals surface area contributed by atoms with Crippen LogP contribution in [0.1, 0.15) is 0 Å². The van der Waals surface area contributed by atoms with E-state index < -0.39 is 42.2 Å². The van der Waals surface area contributed by atoms with Gasteiger partial charge in [0.1, 0.15) is 36.2 Å². The second-order valence-electron chi connectivity index (χ2n) is 12.5. The van der Waals surface area contributed by atoms with Crippen molar-refractivity contribution in [3.05, 3.63) is 84.7 Å². The van der Waals surface area contributed by atoms with E-state index in [1.165, 1.54) is 56.1 Å². The van der Waals surface area contributed by atoms with Crippen LogP contribution in [0.4, 0.5) is 34.5 Å². The molecule has 6 aromatic rings. The predicted molar refractivity (Wildman–Crippen MR) is 187 cm³/mol. The van der Waals surface area contributed by atoms with Gasteiger partial charge in [0.25, 0.3) is 0 Å². The normalized spacial score (nSPS) is 16.6. The minimum Gasteiger partial charge on any atom is -0.440 e. The van der Waals surface area contributed by atoms with Crippen LogP contribution in [0.3, 0.4) is 0 Å². The second kappa shape index (κ2) is 14.8. The minimum absolute atomic E-state index is 0.0288. The molecule has 2 aromatic carbocycles. The molecule has 0 saturated carbocycles. The third-order valence-corrected chi connectivity index (χ3v) is 8.67. The average molecular weight is 767 g/mol. The summed E-state index contributed by atoms with van der Waals surface area (Å²) in [5, 5.41) is 23.5. The smallest absolute Gasteiger partial charge is 0.440 e. The molecule has 0 bridgehead atoms. The van der Waals surface area contributed by atoms with Crippen molar-refractivity contribution in [2.45, 2.75) is 12.2 Å². The summed E-state index contributed by atoms with van der Waals surface area (Å²) in [6.07, 6.45) is -1.38. The predicted octanol–water partition coefficient (Wildman–Crippen LogP) is 3.97. The summed E-state index contributed by atoms with van der Waals surface area (Å²) in [6.45, 7) is -0.756. The zero-order valence-electron chi connectivity index (χ0n) is 29.4. The number of amides is 2. The van der Waals surface area contributed by atoms with Gasteiger partial charge in [-0.05, 0) is 59.0 Å². The summed E-state index contributed by atoms with van der Waals surface area (Å²) < 4.78 is 51.3. The number of cyclic esters (lactones) is 2. The van der Waals surface area contributed by atoms with E-state index in [9.17, 15) is 14.4 Å². The van der Waals surface area contributed by atoms with Gasteiger partial charge in [-0.15, -0.1) is 20.4 Å². The quantitative estimate of drug-likeness (QED) is 0.143. The lowest BCUT2D eigenvalue weighted by Gasteiger charge is -2.15. The molecule has 2 amide bonds. The molecule has 2 saturated heterocycles. The number of carbonyl (C=O) groups is 3. The van der Waals surface area contributed by atoms with E-state index in [2.05, 4.69) is 40.8 Å². The van der Waals surface area contributed by atoms with Gasteiger partial charge in [-0.3, -0.25) is 19.8 Å². The lowest BCUT2D eigenvalue weighted by Crippen LogP contribution is -2.28.